The molecule has 2 N–H and O–H groups in total. The molecule has 5 aromatic rings. The maximum atomic E-state index is 12.5. The molecule has 2 heterocycles. The molecule has 0 unspecified atom stereocenters. The third-order valence-corrected chi connectivity index (χ3v) is 5.62. The molecule has 142 valence electrons. The van der Waals surface area contributed by atoms with E-state index in [-0.39, 0.29) is 5.91 Å². The normalized spacial score (nSPS) is 11.1. The van der Waals surface area contributed by atoms with Crippen LogP contribution in [0.15, 0.2) is 72.8 Å². The van der Waals surface area contributed by atoms with Crippen molar-refractivity contribution < 1.29 is 4.79 Å². The minimum absolute atomic E-state index is 0.142. The average molecular weight is 399 g/mol. The number of carbonyl (C=O) groups is 1. The molecular formula is C22H17N5OS. The Bertz CT molecular complexity index is 1340. The number of anilines is 3. The summed E-state index contributed by atoms with van der Waals surface area (Å²) in [5, 5.41) is 6.94. The molecule has 0 radical (unpaired) electrons. The van der Waals surface area contributed by atoms with Crippen LogP contribution in [0, 0.1) is 0 Å². The van der Waals surface area contributed by atoms with Crippen LogP contribution in [0.25, 0.3) is 21.3 Å². The lowest BCUT2D eigenvalue weighted by atomic mass is 10.2. The molecule has 0 aliphatic rings. The van der Waals surface area contributed by atoms with Crippen LogP contribution < -0.4 is 10.6 Å². The number of nitrogens with one attached hydrogen (secondary N) is 2. The van der Waals surface area contributed by atoms with E-state index >= 15 is 0 Å². The maximum Gasteiger partial charge on any atom is 0.255 e. The molecule has 0 spiro atoms. The van der Waals surface area contributed by atoms with Crippen molar-refractivity contribution in [1.82, 2.24) is 14.5 Å². The smallest absolute Gasteiger partial charge is 0.255 e. The third-order valence-electron chi connectivity index (χ3n) is 4.69. The molecule has 0 saturated heterocycles. The second kappa shape index (κ2) is 7.03. The molecule has 6 nitrogen and oxygen atoms in total. The fourth-order valence-corrected chi connectivity index (χ4v) is 4.10. The van der Waals surface area contributed by atoms with Gasteiger partial charge in [0.05, 0.1) is 21.3 Å². The first-order valence-electron chi connectivity index (χ1n) is 9.13. The number of carbonyl (C=O) groups excluding carboxylic acids is 1. The molecule has 0 aliphatic heterocycles. The van der Waals surface area contributed by atoms with Gasteiger partial charge in [-0.1, -0.05) is 41.7 Å². The Hall–Kier alpha value is -3.71. The quantitative estimate of drug-likeness (QED) is 0.437. The fraction of sp³-hybridized carbons (Fsp3) is 0.0455. The second-order valence-electron chi connectivity index (χ2n) is 6.63. The van der Waals surface area contributed by atoms with Crippen LogP contribution in [0.4, 0.5) is 16.8 Å². The summed E-state index contributed by atoms with van der Waals surface area (Å²) in [7, 11) is 1.97. The Morgan fingerprint density at radius 1 is 0.931 bits per heavy atom. The zero-order valence-corrected chi connectivity index (χ0v) is 16.4. The minimum atomic E-state index is -0.142. The van der Waals surface area contributed by atoms with Crippen LogP contribution in [-0.2, 0) is 7.05 Å². The first-order chi connectivity index (χ1) is 14.2. The number of fused-ring (bicyclic) bond motifs is 2. The second-order valence-corrected chi connectivity index (χ2v) is 7.66. The topological polar surface area (TPSA) is 71.8 Å². The first-order valence-corrected chi connectivity index (χ1v) is 9.94. The predicted octanol–water partition coefficient (Wildman–Crippen LogP) is 5.18. The van der Waals surface area contributed by atoms with Crippen molar-refractivity contribution in [3.8, 4) is 0 Å². The highest BCUT2D eigenvalue weighted by Crippen LogP contribution is 2.30. The standard InChI is InChI=1S/C22H17N5OS/c1-27-18-10-6-5-9-16(18)24-21(27)26-22-25-17-12-11-14(13-19(17)29-22)20(28)23-15-7-3-2-4-8-15/h2-13H,1H3,(H,23,28)(H,24,25,26). The summed E-state index contributed by atoms with van der Waals surface area (Å²) in [5.74, 6) is 0.587. The van der Waals surface area contributed by atoms with Crippen molar-refractivity contribution in [2.45, 2.75) is 0 Å². The van der Waals surface area contributed by atoms with Crippen LogP contribution in [0.1, 0.15) is 10.4 Å². The summed E-state index contributed by atoms with van der Waals surface area (Å²) in [4.78, 5) is 21.8. The Balaban J connectivity index is 1.41. The molecule has 0 bridgehead atoms. The SMILES string of the molecule is Cn1c(Nc2nc3ccc(C(=O)Nc4ccccc4)cc3s2)nc2ccccc21. The molecular weight excluding hydrogens is 382 g/mol. The van der Waals surface area contributed by atoms with Gasteiger partial charge in [0, 0.05) is 18.3 Å². The molecule has 0 aliphatic carbocycles. The monoisotopic (exact) mass is 399 g/mol. The van der Waals surface area contributed by atoms with Gasteiger partial charge in [0.1, 0.15) is 0 Å². The Morgan fingerprint density at radius 2 is 1.72 bits per heavy atom. The number of para-hydroxylation sites is 3. The van der Waals surface area contributed by atoms with E-state index < -0.39 is 0 Å². The van der Waals surface area contributed by atoms with E-state index in [0.717, 1.165) is 38.0 Å². The summed E-state index contributed by atoms with van der Waals surface area (Å²) in [5.41, 5.74) is 4.19. The van der Waals surface area contributed by atoms with E-state index in [1.807, 2.05) is 78.3 Å². The van der Waals surface area contributed by atoms with Crippen LogP contribution >= 0.6 is 11.3 Å². The highest BCUT2D eigenvalue weighted by molar-refractivity contribution is 7.22. The molecule has 29 heavy (non-hydrogen) atoms. The summed E-state index contributed by atoms with van der Waals surface area (Å²) in [6.45, 7) is 0. The fourth-order valence-electron chi connectivity index (χ4n) is 3.20. The summed E-state index contributed by atoms with van der Waals surface area (Å²) in [6.07, 6.45) is 0. The molecule has 0 fully saturated rings. The number of aryl methyl sites for hydroxylation is 1. The number of amides is 1. The highest BCUT2D eigenvalue weighted by atomic mass is 32.1. The first kappa shape index (κ1) is 17.4. The van der Waals surface area contributed by atoms with Gasteiger partial charge in [-0.15, -0.1) is 0 Å². The van der Waals surface area contributed by atoms with E-state index in [1.165, 1.54) is 11.3 Å². The Labute approximate surface area is 170 Å². The Kier molecular flexibility index (Phi) is 4.22. The van der Waals surface area contributed by atoms with Gasteiger partial charge in [0.15, 0.2) is 5.13 Å². The van der Waals surface area contributed by atoms with Crippen LogP contribution in [0.5, 0.6) is 0 Å². The number of rotatable bonds is 4. The highest BCUT2D eigenvalue weighted by Gasteiger charge is 2.12. The van der Waals surface area contributed by atoms with Crippen molar-refractivity contribution in [2.24, 2.45) is 7.05 Å². The summed E-state index contributed by atoms with van der Waals surface area (Å²) in [6, 6.07) is 22.9. The number of imidazole rings is 1. The van der Waals surface area contributed by atoms with Crippen molar-refractivity contribution in [1.29, 1.82) is 0 Å². The number of benzene rings is 3. The van der Waals surface area contributed by atoms with Gasteiger partial charge in [0.25, 0.3) is 5.91 Å². The molecule has 1 amide bonds. The van der Waals surface area contributed by atoms with Crippen molar-refractivity contribution >= 4 is 55.3 Å². The van der Waals surface area contributed by atoms with Crippen LogP contribution in [-0.4, -0.2) is 20.4 Å². The minimum Gasteiger partial charge on any atom is -0.322 e. The molecule has 2 aromatic heterocycles. The van der Waals surface area contributed by atoms with E-state index in [1.54, 1.807) is 6.07 Å². The number of hydrogen-bond acceptors (Lipinski definition) is 5. The summed E-state index contributed by atoms with van der Waals surface area (Å²) < 4.78 is 2.94. The zero-order chi connectivity index (χ0) is 19.8. The van der Waals surface area contributed by atoms with Gasteiger partial charge in [-0.25, -0.2) is 9.97 Å². The van der Waals surface area contributed by atoms with E-state index in [0.29, 0.717) is 5.56 Å². The van der Waals surface area contributed by atoms with Gasteiger partial charge in [-0.05, 0) is 42.5 Å². The van der Waals surface area contributed by atoms with Gasteiger partial charge < -0.3 is 15.2 Å². The van der Waals surface area contributed by atoms with Gasteiger partial charge in [-0.3, -0.25) is 4.79 Å². The van der Waals surface area contributed by atoms with Crippen molar-refractivity contribution in [3.63, 3.8) is 0 Å². The predicted molar refractivity (Wildman–Crippen MR) is 118 cm³/mol. The van der Waals surface area contributed by atoms with Gasteiger partial charge in [0.2, 0.25) is 5.95 Å². The lowest BCUT2D eigenvalue weighted by Gasteiger charge is -2.04. The van der Waals surface area contributed by atoms with E-state index in [9.17, 15) is 4.79 Å². The lowest BCUT2D eigenvalue weighted by Crippen LogP contribution is -2.11. The molecule has 5 rings (SSSR count). The average Bonchev–Trinajstić information content (AvgIpc) is 3.29. The largest absolute Gasteiger partial charge is 0.322 e. The summed E-state index contributed by atoms with van der Waals surface area (Å²) >= 11 is 1.49. The zero-order valence-electron chi connectivity index (χ0n) is 15.6. The van der Waals surface area contributed by atoms with Crippen molar-refractivity contribution in [3.05, 3.63) is 78.4 Å². The van der Waals surface area contributed by atoms with Crippen LogP contribution in [0.2, 0.25) is 0 Å². The van der Waals surface area contributed by atoms with E-state index in [2.05, 4.69) is 20.6 Å². The van der Waals surface area contributed by atoms with Crippen molar-refractivity contribution in [2.75, 3.05) is 10.6 Å². The lowest BCUT2D eigenvalue weighted by molar-refractivity contribution is 0.102. The number of aromatic nitrogens is 3. The maximum absolute atomic E-state index is 12.5. The number of hydrogen-bond donors (Lipinski definition) is 2. The van der Waals surface area contributed by atoms with Gasteiger partial charge >= 0.3 is 0 Å². The molecule has 3 aromatic carbocycles. The number of nitrogens with zero attached hydrogens (tertiary/aromatic N) is 3. The Morgan fingerprint density at radius 3 is 2.55 bits per heavy atom. The molecule has 0 atom stereocenters. The van der Waals surface area contributed by atoms with Gasteiger partial charge in [-0.2, -0.15) is 0 Å². The van der Waals surface area contributed by atoms with Crippen LogP contribution in [0.3, 0.4) is 0 Å². The number of thiazole rings is 1. The molecule has 0 saturated carbocycles. The third kappa shape index (κ3) is 3.32. The van der Waals surface area contributed by atoms with E-state index in [4.69, 9.17) is 0 Å². The molecule has 7 heteroatoms.